The van der Waals surface area contributed by atoms with Gasteiger partial charge in [-0.2, -0.15) is 0 Å². The summed E-state index contributed by atoms with van der Waals surface area (Å²) in [6, 6.07) is 11.0. The second-order valence-electron chi connectivity index (χ2n) is 3.64. The Hall–Kier alpha value is -1.04. The minimum absolute atomic E-state index is 0.0928. The third-order valence-corrected chi connectivity index (χ3v) is 4.09. The van der Waals surface area contributed by atoms with Crippen LogP contribution < -0.4 is 5.32 Å². The highest BCUT2D eigenvalue weighted by atomic mass is 79.9. The summed E-state index contributed by atoms with van der Waals surface area (Å²) in [6.07, 6.45) is 1.65. The molecule has 2 aromatic rings. The van der Waals surface area contributed by atoms with Crippen molar-refractivity contribution in [2.45, 2.75) is 5.03 Å². The largest absolute Gasteiger partial charge is 0.325 e. The molecule has 6 heteroatoms. The Morgan fingerprint density at radius 2 is 2.21 bits per heavy atom. The predicted molar refractivity (Wildman–Crippen MR) is 82.7 cm³/mol. The van der Waals surface area contributed by atoms with Crippen molar-refractivity contribution in [2.24, 2.45) is 0 Å². The number of nitrogens with one attached hydrogen (secondary N) is 1. The first kappa shape index (κ1) is 14.4. The van der Waals surface area contributed by atoms with Gasteiger partial charge < -0.3 is 5.32 Å². The maximum atomic E-state index is 11.8. The van der Waals surface area contributed by atoms with Gasteiger partial charge in [0.05, 0.1) is 10.8 Å². The van der Waals surface area contributed by atoms with Crippen molar-refractivity contribution in [3.8, 4) is 0 Å². The fraction of sp³-hybridized carbons (Fsp3) is 0.0769. The molecule has 98 valence electrons. The van der Waals surface area contributed by atoms with Crippen LogP contribution in [0.3, 0.4) is 0 Å². The Morgan fingerprint density at radius 1 is 1.37 bits per heavy atom. The molecule has 0 unspecified atom stereocenters. The van der Waals surface area contributed by atoms with Crippen molar-refractivity contribution in [1.82, 2.24) is 4.98 Å². The van der Waals surface area contributed by atoms with E-state index in [9.17, 15) is 4.79 Å². The maximum absolute atomic E-state index is 11.8. The molecule has 1 amide bonds. The van der Waals surface area contributed by atoms with Crippen LogP contribution in [0.4, 0.5) is 5.69 Å². The van der Waals surface area contributed by atoms with Crippen molar-refractivity contribution in [2.75, 3.05) is 11.1 Å². The Morgan fingerprint density at radius 3 is 2.95 bits per heavy atom. The van der Waals surface area contributed by atoms with Crippen molar-refractivity contribution in [3.63, 3.8) is 0 Å². The van der Waals surface area contributed by atoms with Crippen LogP contribution in [0.2, 0.25) is 5.02 Å². The third-order valence-electron chi connectivity index (χ3n) is 2.17. The molecule has 0 aliphatic heterocycles. The lowest BCUT2D eigenvalue weighted by Crippen LogP contribution is -2.14. The number of carbonyl (C=O) groups is 1. The first-order valence-electron chi connectivity index (χ1n) is 5.44. The summed E-state index contributed by atoms with van der Waals surface area (Å²) >= 11 is 10.6. The maximum Gasteiger partial charge on any atom is 0.234 e. The zero-order chi connectivity index (χ0) is 13.7. The molecule has 0 spiro atoms. The first-order chi connectivity index (χ1) is 9.15. The van der Waals surface area contributed by atoms with E-state index in [1.54, 1.807) is 18.3 Å². The van der Waals surface area contributed by atoms with E-state index >= 15 is 0 Å². The predicted octanol–water partition coefficient (Wildman–Crippen LogP) is 4.23. The number of carbonyl (C=O) groups excluding carboxylic acids is 1. The number of anilines is 1. The summed E-state index contributed by atoms with van der Waals surface area (Å²) in [7, 11) is 0. The Balaban J connectivity index is 1.90. The van der Waals surface area contributed by atoms with Gasteiger partial charge >= 0.3 is 0 Å². The van der Waals surface area contributed by atoms with Crippen LogP contribution in [0.5, 0.6) is 0 Å². The molecule has 1 aromatic carbocycles. The number of hydrogen-bond acceptors (Lipinski definition) is 3. The van der Waals surface area contributed by atoms with Gasteiger partial charge in [0.1, 0.15) is 5.03 Å². The second kappa shape index (κ2) is 6.93. The van der Waals surface area contributed by atoms with Gasteiger partial charge in [-0.1, -0.05) is 45.4 Å². The number of halogens is 2. The van der Waals surface area contributed by atoms with E-state index < -0.39 is 0 Å². The molecule has 0 radical (unpaired) electrons. The molecule has 1 aromatic heterocycles. The summed E-state index contributed by atoms with van der Waals surface area (Å²) in [5.41, 5.74) is 0.757. The lowest BCUT2D eigenvalue weighted by molar-refractivity contribution is -0.113. The van der Waals surface area contributed by atoms with Crippen LogP contribution in [-0.4, -0.2) is 16.6 Å². The highest BCUT2D eigenvalue weighted by Gasteiger charge is 2.07. The molecular weight excluding hydrogens is 348 g/mol. The standard InChI is InChI=1S/C13H10BrClN2OS/c14-9-3-1-4-10(7-9)17-12(18)8-19-13-11(15)5-2-6-16-13/h1-7H,8H2,(H,17,18). The quantitative estimate of drug-likeness (QED) is 0.833. The molecule has 0 atom stereocenters. The highest BCUT2D eigenvalue weighted by molar-refractivity contribution is 9.10. The summed E-state index contributed by atoms with van der Waals surface area (Å²) < 4.78 is 0.922. The smallest absolute Gasteiger partial charge is 0.234 e. The minimum atomic E-state index is -0.0928. The second-order valence-corrected chi connectivity index (χ2v) is 5.92. The number of nitrogens with zero attached hydrogens (tertiary/aromatic N) is 1. The van der Waals surface area contributed by atoms with Gasteiger partial charge in [-0.3, -0.25) is 4.79 Å². The number of aromatic nitrogens is 1. The molecular formula is C13H10BrClN2OS. The highest BCUT2D eigenvalue weighted by Crippen LogP contribution is 2.24. The fourth-order valence-corrected chi connectivity index (χ4v) is 2.74. The van der Waals surface area contributed by atoms with Crippen LogP contribution >= 0.6 is 39.3 Å². The van der Waals surface area contributed by atoms with Crippen LogP contribution in [-0.2, 0) is 4.79 Å². The summed E-state index contributed by atoms with van der Waals surface area (Å²) in [5, 5.41) is 4.03. The van der Waals surface area contributed by atoms with E-state index in [1.807, 2.05) is 24.3 Å². The Labute approximate surface area is 128 Å². The normalized spacial score (nSPS) is 10.2. The van der Waals surface area contributed by atoms with E-state index in [0.29, 0.717) is 10.0 Å². The van der Waals surface area contributed by atoms with Gasteiger partial charge in [0.25, 0.3) is 0 Å². The number of benzene rings is 1. The van der Waals surface area contributed by atoms with Crippen LogP contribution in [0, 0.1) is 0 Å². The van der Waals surface area contributed by atoms with Gasteiger partial charge in [0.15, 0.2) is 0 Å². The molecule has 0 saturated carbocycles. The van der Waals surface area contributed by atoms with Gasteiger partial charge in [-0.25, -0.2) is 4.98 Å². The van der Waals surface area contributed by atoms with Crippen molar-refractivity contribution < 1.29 is 4.79 Å². The number of thioether (sulfide) groups is 1. The number of hydrogen-bond donors (Lipinski definition) is 1. The summed E-state index contributed by atoms with van der Waals surface area (Å²) in [4.78, 5) is 15.9. The Kier molecular flexibility index (Phi) is 5.24. The van der Waals surface area contributed by atoms with Crippen LogP contribution in [0.1, 0.15) is 0 Å². The lowest BCUT2D eigenvalue weighted by Gasteiger charge is -2.05. The Bertz CT molecular complexity index is 594. The minimum Gasteiger partial charge on any atom is -0.325 e. The lowest BCUT2D eigenvalue weighted by atomic mass is 10.3. The first-order valence-corrected chi connectivity index (χ1v) is 7.59. The number of amides is 1. The third kappa shape index (κ3) is 4.53. The van der Waals surface area contributed by atoms with Crippen molar-refractivity contribution in [1.29, 1.82) is 0 Å². The average molecular weight is 358 g/mol. The molecule has 0 bridgehead atoms. The molecule has 0 fully saturated rings. The summed E-state index contributed by atoms with van der Waals surface area (Å²) in [5.74, 6) is 0.174. The molecule has 3 nitrogen and oxygen atoms in total. The van der Waals surface area contributed by atoms with Crippen molar-refractivity contribution in [3.05, 3.63) is 52.1 Å². The van der Waals surface area contributed by atoms with Gasteiger partial charge in [0.2, 0.25) is 5.91 Å². The monoisotopic (exact) mass is 356 g/mol. The van der Waals surface area contributed by atoms with E-state index in [0.717, 1.165) is 10.2 Å². The van der Waals surface area contributed by atoms with E-state index in [4.69, 9.17) is 11.6 Å². The topological polar surface area (TPSA) is 42.0 Å². The molecule has 2 rings (SSSR count). The average Bonchev–Trinajstić information content (AvgIpc) is 2.38. The number of rotatable bonds is 4. The van der Waals surface area contributed by atoms with Gasteiger partial charge in [-0.15, -0.1) is 0 Å². The summed E-state index contributed by atoms with van der Waals surface area (Å²) in [6.45, 7) is 0. The van der Waals surface area contributed by atoms with Crippen LogP contribution in [0.15, 0.2) is 52.1 Å². The molecule has 0 aliphatic rings. The molecule has 19 heavy (non-hydrogen) atoms. The van der Waals surface area contributed by atoms with Crippen molar-refractivity contribution >= 4 is 50.9 Å². The zero-order valence-corrected chi connectivity index (χ0v) is 12.9. The van der Waals surface area contributed by atoms with E-state index in [-0.39, 0.29) is 11.7 Å². The molecule has 0 saturated heterocycles. The van der Waals surface area contributed by atoms with E-state index in [2.05, 4.69) is 26.2 Å². The molecule has 1 N–H and O–H groups in total. The zero-order valence-electron chi connectivity index (χ0n) is 9.77. The van der Waals surface area contributed by atoms with Crippen LogP contribution in [0.25, 0.3) is 0 Å². The SMILES string of the molecule is O=C(CSc1ncccc1Cl)Nc1cccc(Br)c1. The fourth-order valence-electron chi connectivity index (χ4n) is 1.37. The molecule has 1 heterocycles. The van der Waals surface area contributed by atoms with E-state index in [1.165, 1.54) is 11.8 Å². The van der Waals surface area contributed by atoms with Gasteiger partial charge in [0, 0.05) is 16.4 Å². The molecule has 0 aliphatic carbocycles. The number of pyridine rings is 1. The van der Waals surface area contributed by atoms with Gasteiger partial charge in [-0.05, 0) is 30.3 Å².